The van der Waals surface area contributed by atoms with Crippen LogP contribution in [0.4, 0.5) is 96.7 Å². The highest BCUT2D eigenvalue weighted by Gasteiger charge is 2.40. The highest BCUT2D eigenvalue weighted by Crippen LogP contribution is 2.57. The number of hydrogen-bond acceptors (Lipinski definition) is 10. The van der Waals surface area contributed by atoms with E-state index in [-0.39, 0.29) is 21.7 Å². The van der Waals surface area contributed by atoms with Gasteiger partial charge in [0.1, 0.15) is 23.0 Å². The molecule has 0 fully saturated rings. The van der Waals surface area contributed by atoms with Crippen LogP contribution < -0.4 is 48.8 Å². The van der Waals surface area contributed by atoms with Crippen LogP contribution in [0.1, 0.15) is 99.9 Å². The largest absolute Gasteiger partial charge is 0.497 e. The molecule has 0 saturated carbocycles. The molecule has 13 heteroatoms. The molecule has 0 heterocycles. The minimum atomic E-state index is -0.171. The lowest BCUT2D eigenvalue weighted by atomic mass is 9.82. The van der Waals surface area contributed by atoms with Crippen molar-refractivity contribution >= 4 is 144 Å². The van der Waals surface area contributed by atoms with E-state index >= 15 is 0 Å². The van der Waals surface area contributed by atoms with Crippen LogP contribution in [0.3, 0.4) is 0 Å². The van der Waals surface area contributed by atoms with Gasteiger partial charge in [0.25, 0.3) is 0 Å². The zero-order chi connectivity index (χ0) is 94.6. The quantitative estimate of drug-likeness (QED) is 0.0753. The predicted octanol–water partition coefficient (Wildman–Crippen LogP) is 35.7. The Kier molecular flexibility index (Phi) is 24.5. The molecule has 0 radical (unpaired) electrons. The number of nitrogens with zero attached hydrogens (tertiary/aromatic N) is 5. The van der Waals surface area contributed by atoms with Crippen molar-refractivity contribution in [2.24, 2.45) is 0 Å². The normalized spacial score (nSPS) is 13.3. The third kappa shape index (κ3) is 17.2. The van der Waals surface area contributed by atoms with Crippen LogP contribution in [0.2, 0.25) is 0 Å². The third-order valence-electron chi connectivity index (χ3n) is 27.8. The van der Waals surface area contributed by atoms with E-state index in [1.54, 1.807) is 28.4 Å². The van der Waals surface area contributed by atoms with Crippen LogP contribution in [0, 0.1) is 0 Å². The van der Waals surface area contributed by atoms with Crippen LogP contribution >= 0.6 is 47.8 Å². The Morgan fingerprint density at radius 3 is 0.657 bits per heavy atom. The molecule has 1 N–H and O–H groups in total. The molecule has 0 amide bonds. The number of benzene rings is 18. The molecule has 0 aliphatic heterocycles. The molecule has 10 nitrogen and oxygen atoms in total. The first-order valence-electron chi connectivity index (χ1n) is 46.3. The summed E-state index contributed by atoms with van der Waals surface area (Å²) in [6.07, 6.45) is 0. The molecule has 676 valence electrons. The molecule has 4 aliphatic carbocycles. The Labute approximate surface area is 830 Å². The first kappa shape index (κ1) is 90.2. The van der Waals surface area contributed by atoms with Gasteiger partial charge in [-0.25, -0.2) is 0 Å². The number of hydrogen-bond donors (Lipinski definition) is 1. The number of ether oxygens (including phenoxy) is 4. The second kappa shape index (κ2) is 37.2. The van der Waals surface area contributed by atoms with E-state index in [1.165, 1.54) is 89.0 Å². The van der Waals surface area contributed by atoms with Gasteiger partial charge < -0.3 is 48.8 Å². The molecule has 137 heavy (non-hydrogen) atoms. The predicted molar refractivity (Wildman–Crippen MR) is 582 cm³/mol. The average molecular weight is 1980 g/mol. The van der Waals surface area contributed by atoms with E-state index in [0.717, 1.165) is 133 Å². The van der Waals surface area contributed by atoms with E-state index in [4.69, 9.17) is 18.9 Å². The molecular formula is C124H105Br3N6O4. The number of rotatable bonds is 21. The topological polar surface area (TPSA) is 65.2 Å². The van der Waals surface area contributed by atoms with Gasteiger partial charge in [-0.15, -0.1) is 0 Å². The molecule has 4 aliphatic rings. The van der Waals surface area contributed by atoms with Crippen molar-refractivity contribution in [2.75, 3.05) is 58.3 Å². The van der Waals surface area contributed by atoms with Gasteiger partial charge in [0.2, 0.25) is 0 Å². The van der Waals surface area contributed by atoms with Gasteiger partial charge in [-0.2, -0.15) is 0 Å². The van der Waals surface area contributed by atoms with Crippen molar-refractivity contribution in [3.05, 3.63) is 470 Å². The van der Waals surface area contributed by atoms with Gasteiger partial charge in [-0.1, -0.05) is 225 Å². The second-order valence-electron chi connectivity index (χ2n) is 37.2. The van der Waals surface area contributed by atoms with Crippen molar-refractivity contribution < 1.29 is 18.9 Å². The van der Waals surface area contributed by atoms with Crippen LogP contribution in [0.15, 0.2) is 426 Å². The number of halogens is 3. The number of nitrogens with one attached hydrogen (secondary N) is 1. The van der Waals surface area contributed by atoms with Crippen molar-refractivity contribution in [3.63, 3.8) is 0 Å². The summed E-state index contributed by atoms with van der Waals surface area (Å²) in [4.78, 5) is 11.7. The van der Waals surface area contributed by atoms with Gasteiger partial charge in [0.15, 0.2) is 0 Å². The molecule has 18 aromatic carbocycles. The molecule has 0 aromatic heterocycles. The molecular weight excluding hydrogens is 1880 g/mol. The van der Waals surface area contributed by atoms with E-state index in [1.807, 2.05) is 60.7 Å². The van der Waals surface area contributed by atoms with Crippen LogP contribution in [-0.4, -0.2) is 28.4 Å². The molecule has 0 atom stereocenters. The Hall–Kier alpha value is -14.6. The Morgan fingerprint density at radius 2 is 0.365 bits per heavy atom. The summed E-state index contributed by atoms with van der Waals surface area (Å²) in [6, 6.07) is 148. The van der Waals surface area contributed by atoms with Crippen LogP contribution in [-0.2, 0) is 21.7 Å². The van der Waals surface area contributed by atoms with Crippen LogP contribution in [0.25, 0.3) is 44.5 Å². The van der Waals surface area contributed by atoms with Gasteiger partial charge in [-0.3, -0.25) is 0 Å². The summed E-state index contributed by atoms with van der Waals surface area (Å²) in [5, 5.41) is 3.49. The maximum atomic E-state index is 5.69. The lowest BCUT2D eigenvalue weighted by Crippen LogP contribution is -2.17. The third-order valence-corrected chi connectivity index (χ3v) is 29.4. The lowest BCUT2D eigenvalue weighted by Gasteiger charge is -2.31. The fourth-order valence-corrected chi connectivity index (χ4v) is 21.4. The molecule has 0 bridgehead atoms. The average Bonchev–Trinajstić information content (AvgIpc) is 1.59. The molecule has 0 saturated heterocycles. The highest BCUT2D eigenvalue weighted by molar-refractivity contribution is 9.11. The maximum absolute atomic E-state index is 5.69. The van der Waals surface area contributed by atoms with Gasteiger partial charge in [0, 0.05) is 132 Å². The van der Waals surface area contributed by atoms with Gasteiger partial charge in [-0.05, 0) is 380 Å². The minimum Gasteiger partial charge on any atom is -0.497 e. The Morgan fingerprint density at radius 1 is 0.175 bits per heavy atom. The summed E-state index contributed by atoms with van der Waals surface area (Å²) in [6.45, 7) is 18.6. The SMILES string of the molecule is Brc1ccc(N(c2ccc(Br)cc2)c2ccc(Br)cc2)cc1.COc1ccc(N(c2ccc(N(c3ccc(N(c4ccc(OC)cc4)c4ccc5c(c4)C(C)(C)c4ccccc4-5)cc3)c3ccc(N(c4ccc(OC)cc4)c4ccc5c(c4)C(C)(C)c4ccccc4-5)cc3)cc2)c2ccc3c(c2)-c2ccccc2C3(C)C)cc1.COc1ccc(Nc2ccc3c(c2)C(C)(C)c2ccccc2-3)cc1. The second-order valence-corrected chi connectivity index (χ2v) is 40.0. The number of fused-ring (bicyclic) bond motifs is 12. The summed E-state index contributed by atoms with van der Waals surface area (Å²) in [5.74, 6) is 3.28. The highest BCUT2D eigenvalue weighted by atomic mass is 79.9. The van der Waals surface area contributed by atoms with Crippen LogP contribution in [0.5, 0.6) is 23.0 Å². The molecule has 22 rings (SSSR count). The van der Waals surface area contributed by atoms with E-state index in [9.17, 15) is 0 Å². The molecule has 0 spiro atoms. The summed E-state index contributed by atoms with van der Waals surface area (Å²) in [7, 11) is 6.83. The standard InChI is InChI=1S/C84H72N4O3.C22H21NO.C18H12Br3N/c1-82(2)78-21-15-12-18-72(78)75-52-64(42-51-79(75)82)86(61-34-43-67(89-7)44-35-61)58-28-22-55(23-29-58)85(56-24-30-59(31-25-56)87(62-36-45-68(90-8)46-37-62)65-40-49-73-70-16-10-13-19-76(70)83(3,4)80(73)53-65)57-26-32-60(33-27-57)88(63-38-47-69(91-9)48-39-63)66-41-50-74-71-17-11-14-20-77(71)84(5,6)81(74)54-66;1-22(2)20-7-5-4-6-18(20)19-13-10-16(14-21(19)22)23-15-8-11-17(24-3)12-9-15;19-13-1-7-16(8-2-13)22(17-9-3-14(20)4-10-17)18-11-5-15(21)6-12-18/h10-54H,1-9H3;4-14,23H,1-3H3;1-12H. The lowest BCUT2D eigenvalue weighted by molar-refractivity contribution is 0.414. The number of anilines is 17. The Bertz CT molecular complexity index is 7170. The van der Waals surface area contributed by atoms with E-state index < -0.39 is 0 Å². The summed E-state index contributed by atoms with van der Waals surface area (Å²) in [5.41, 5.74) is 38.7. The van der Waals surface area contributed by atoms with E-state index in [2.05, 4.69) is 485 Å². The fraction of sp³-hybridized carbons (Fsp3) is 0.129. The van der Waals surface area contributed by atoms with Crippen molar-refractivity contribution in [1.82, 2.24) is 0 Å². The zero-order valence-electron chi connectivity index (χ0n) is 78.8. The molecule has 0 unspecified atom stereocenters. The van der Waals surface area contributed by atoms with Crippen molar-refractivity contribution in [1.29, 1.82) is 0 Å². The minimum absolute atomic E-state index is 0.0313. The van der Waals surface area contributed by atoms with Gasteiger partial charge in [0.05, 0.1) is 28.4 Å². The van der Waals surface area contributed by atoms with E-state index in [0.29, 0.717) is 0 Å². The van der Waals surface area contributed by atoms with Gasteiger partial charge >= 0.3 is 0 Å². The number of methoxy groups -OCH3 is 4. The van der Waals surface area contributed by atoms with Crippen molar-refractivity contribution in [3.8, 4) is 67.5 Å². The molecule has 18 aromatic rings. The Balaban J connectivity index is 0.000000203. The fourth-order valence-electron chi connectivity index (χ4n) is 20.6. The van der Waals surface area contributed by atoms with Crippen molar-refractivity contribution in [2.45, 2.75) is 77.0 Å². The first-order chi connectivity index (χ1) is 66.4. The maximum Gasteiger partial charge on any atom is 0.119 e. The smallest absolute Gasteiger partial charge is 0.119 e. The summed E-state index contributed by atoms with van der Waals surface area (Å²) < 4.78 is 25.5. The monoisotopic (exact) mass is 1980 g/mol. The first-order valence-corrected chi connectivity index (χ1v) is 48.7. The zero-order valence-corrected chi connectivity index (χ0v) is 83.5. The summed E-state index contributed by atoms with van der Waals surface area (Å²) >= 11 is 10.5.